The molecule has 0 atom stereocenters. The first kappa shape index (κ1) is 22.0. The van der Waals surface area contributed by atoms with Gasteiger partial charge in [-0.2, -0.15) is 0 Å². The second-order valence-corrected chi connectivity index (χ2v) is 10.3. The van der Waals surface area contributed by atoms with Gasteiger partial charge in [-0.3, -0.25) is 9.69 Å². The molecular formula is C23H22N2O5S2. The zero-order chi connectivity index (χ0) is 22.7. The summed E-state index contributed by atoms with van der Waals surface area (Å²) >= 11 is 1.39. The second-order valence-electron chi connectivity index (χ2n) is 7.22. The average Bonchev–Trinajstić information content (AvgIpc) is 3.46. The number of ether oxygens (including phenoxy) is 1. The number of anilines is 1. The van der Waals surface area contributed by atoms with Crippen LogP contribution in [0.5, 0.6) is 5.75 Å². The van der Waals surface area contributed by atoms with Gasteiger partial charge < -0.3 is 9.15 Å². The van der Waals surface area contributed by atoms with Crippen molar-refractivity contribution in [2.75, 3.05) is 17.8 Å². The predicted octanol–water partition coefficient (Wildman–Crippen LogP) is 4.60. The fourth-order valence-electron chi connectivity index (χ4n) is 3.27. The van der Waals surface area contributed by atoms with Gasteiger partial charge in [0.05, 0.1) is 40.8 Å². The summed E-state index contributed by atoms with van der Waals surface area (Å²) in [7, 11) is -2.12. The standard InChI is InChI=1S/C23H22N2O5S2/c1-16-5-3-7-20-22(16)24-23(31-20)25(15-18-6-4-13-30-18)21(26)12-14-32(27,28)19-10-8-17(29-2)9-11-19/h3-11,13H,12,14-15H2,1-2H3. The van der Waals surface area contributed by atoms with Crippen LogP contribution in [0.1, 0.15) is 17.7 Å². The lowest BCUT2D eigenvalue weighted by Gasteiger charge is -2.18. The predicted molar refractivity (Wildman–Crippen MR) is 124 cm³/mol. The van der Waals surface area contributed by atoms with Crippen LogP contribution < -0.4 is 9.64 Å². The first-order valence-corrected chi connectivity index (χ1v) is 12.4. The number of hydrogen-bond donors (Lipinski definition) is 0. The summed E-state index contributed by atoms with van der Waals surface area (Å²) in [4.78, 5) is 19.5. The number of aryl methyl sites for hydroxylation is 1. The molecule has 4 rings (SSSR count). The highest BCUT2D eigenvalue weighted by molar-refractivity contribution is 7.91. The number of fused-ring (bicyclic) bond motifs is 1. The van der Waals surface area contributed by atoms with Crippen LogP contribution in [0.15, 0.2) is 70.2 Å². The molecule has 32 heavy (non-hydrogen) atoms. The summed E-state index contributed by atoms with van der Waals surface area (Å²) in [6.45, 7) is 2.14. The summed E-state index contributed by atoms with van der Waals surface area (Å²) in [6.07, 6.45) is 1.36. The van der Waals surface area contributed by atoms with Crippen molar-refractivity contribution in [2.24, 2.45) is 0 Å². The smallest absolute Gasteiger partial charge is 0.230 e. The Balaban J connectivity index is 1.57. The van der Waals surface area contributed by atoms with E-state index in [9.17, 15) is 13.2 Å². The number of para-hydroxylation sites is 1. The van der Waals surface area contributed by atoms with Gasteiger partial charge in [-0.15, -0.1) is 0 Å². The van der Waals surface area contributed by atoms with E-state index >= 15 is 0 Å². The van der Waals surface area contributed by atoms with Gasteiger partial charge in [-0.05, 0) is 55.0 Å². The Morgan fingerprint density at radius 2 is 1.91 bits per heavy atom. The molecule has 2 aromatic carbocycles. The van der Waals surface area contributed by atoms with Gasteiger partial charge in [0.15, 0.2) is 15.0 Å². The van der Waals surface area contributed by atoms with E-state index in [-0.39, 0.29) is 29.5 Å². The van der Waals surface area contributed by atoms with E-state index in [1.54, 1.807) is 24.3 Å². The van der Waals surface area contributed by atoms with Gasteiger partial charge in [0.2, 0.25) is 5.91 Å². The molecule has 0 aliphatic rings. The van der Waals surface area contributed by atoms with Crippen LogP contribution in [0.4, 0.5) is 5.13 Å². The highest BCUT2D eigenvalue weighted by atomic mass is 32.2. The molecule has 0 spiro atoms. The Labute approximate surface area is 190 Å². The van der Waals surface area contributed by atoms with E-state index in [0.717, 1.165) is 15.8 Å². The van der Waals surface area contributed by atoms with Crippen molar-refractivity contribution in [3.8, 4) is 5.75 Å². The molecule has 0 fully saturated rings. The summed E-state index contributed by atoms with van der Waals surface area (Å²) in [5.74, 6) is 0.509. The van der Waals surface area contributed by atoms with Crippen molar-refractivity contribution in [1.29, 1.82) is 0 Å². The van der Waals surface area contributed by atoms with E-state index in [0.29, 0.717) is 16.6 Å². The zero-order valence-corrected chi connectivity index (χ0v) is 19.3. The number of aromatic nitrogens is 1. The van der Waals surface area contributed by atoms with E-state index in [4.69, 9.17) is 9.15 Å². The van der Waals surface area contributed by atoms with E-state index in [2.05, 4.69) is 4.98 Å². The maximum atomic E-state index is 13.2. The minimum Gasteiger partial charge on any atom is -0.497 e. The number of hydrogen-bond acceptors (Lipinski definition) is 7. The number of amides is 1. The van der Waals surface area contributed by atoms with Crippen molar-refractivity contribution in [3.63, 3.8) is 0 Å². The highest BCUT2D eigenvalue weighted by Crippen LogP contribution is 2.32. The summed E-state index contributed by atoms with van der Waals surface area (Å²) in [5, 5.41) is 0.512. The summed E-state index contributed by atoms with van der Waals surface area (Å²) < 4.78 is 37.0. The van der Waals surface area contributed by atoms with E-state index < -0.39 is 9.84 Å². The van der Waals surface area contributed by atoms with Crippen molar-refractivity contribution < 1.29 is 22.4 Å². The Bertz CT molecular complexity index is 1330. The van der Waals surface area contributed by atoms with E-state index in [1.807, 2.05) is 25.1 Å². The molecule has 0 bridgehead atoms. The maximum Gasteiger partial charge on any atom is 0.230 e. The molecule has 0 saturated carbocycles. The minimum atomic E-state index is -3.63. The van der Waals surface area contributed by atoms with Crippen LogP contribution in [-0.4, -0.2) is 32.2 Å². The fourth-order valence-corrected chi connectivity index (χ4v) is 5.56. The Kier molecular flexibility index (Phi) is 6.29. The SMILES string of the molecule is COc1ccc(S(=O)(=O)CCC(=O)N(Cc2ccco2)c2nc3c(C)cccc3s2)cc1. The lowest BCUT2D eigenvalue weighted by atomic mass is 10.2. The quantitative estimate of drug-likeness (QED) is 0.374. The number of thiazole rings is 1. The zero-order valence-electron chi connectivity index (χ0n) is 17.6. The third-order valence-electron chi connectivity index (χ3n) is 5.04. The van der Waals surface area contributed by atoms with Gasteiger partial charge in [-0.1, -0.05) is 23.5 Å². The summed E-state index contributed by atoms with van der Waals surface area (Å²) in [6, 6.07) is 15.5. The molecule has 2 aromatic heterocycles. The number of methoxy groups -OCH3 is 1. The van der Waals surface area contributed by atoms with Gasteiger partial charge in [0.25, 0.3) is 0 Å². The third kappa shape index (κ3) is 4.68. The largest absolute Gasteiger partial charge is 0.497 e. The van der Waals surface area contributed by atoms with Crippen LogP contribution in [-0.2, 0) is 21.2 Å². The van der Waals surface area contributed by atoms with Crippen molar-refractivity contribution >= 4 is 42.4 Å². The number of rotatable bonds is 8. The molecule has 0 aliphatic heterocycles. The highest BCUT2D eigenvalue weighted by Gasteiger charge is 2.24. The van der Waals surface area contributed by atoms with Gasteiger partial charge in [0.1, 0.15) is 11.5 Å². The van der Waals surface area contributed by atoms with Crippen molar-refractivity contribution in [3.05, 3.63) is 72.2 Å². The number of sulfone groups is 1. The number of benzene rings is 2. The number of nitrogens with zero attached hydrogens (tertiary/aromatic N) is 2. The molecule has 4 aromatic rings. The van der Waals surface area contributed by atoms with Crippen molar-refractivity contribution in [1.82, 2.24) is 4.98 Å². The minimum absolute atomic E-state index is 0.152. The molecule has 1 amide bonds. The Morgan fingerprint density at radius 1 is 1.12 bits per heavy atom. The molecule has 7 nitrogen and oxygen atoms in total. The fraction of sp³-hybridized carbons (Fsp3) is 0.217. The van der Waals surface area contributed by atoms with Crippen LogP contribution in [0, 0.1) is 6.92 Å². The lowest BCUT2D eigenvalue weighted by molar-refractivity contribution is -0.118. The monoisotopic (exact) mass is 470 g/mol. The molecule has 166 valence electrons. The number of carbonyl (C=O) groups is 1. The molecule has 0 saturated heterocycles. The lowest BCUT2D eigenvalue weighted by Crippen LogP contribution is -2.31. The molecule has 0 aliphatic carbocycles. The first-order chi connectivity index (χ1) is 15.4. The normalized spacial score (nSPS) is 11.6. The van der Waals surface area contributed by atoms with Crippen LogP contribution in [0.25, 0.3) is 10.2 Å². The van der Waals surface area contributed by atoms with Crippen LogP contribution >= 0.6 is 11.3 Å². The first-order valence-electron chi connectivity index (χ1n) is 9.93. The molecule has 0 N–H and O–H groups in total. The summed E-state index contributed by atoms with van der Waals surface area (Å²) in [5.41, 5.74) is 1.84. The average molecular weight is 471 g/mol. The molecule has 0 radical (unpaired) electrons. The van der Waals surface area contributed by atoms with E-state index in [1.165, 1.54) is 41.7 Å². The molecule has 2 heterocycles. The molecular weight excluding hydrogens is 448 g/mol. The Hall–Kier alpha value is -3.17. The van der Waals surface area contributed by atoms with Crippen LogP contribution in [0.3, 0.4) is 0 Å². The molecule has 0 unspecified atom stereocenters. The van der Waals surface area contributed by atoms with Crippen molar-refractivity contribution in [2.45, 2.75) is 24.8 Å². The third-order valence-corrected chi connectivity index (χ3v) is 7.81. The van der Waals surface area contributed by atoms with Crippen LogP contribution in [0.2, 0.25) is 0 Å². The van der Waals surface area contributed by atoms with Gasteiger partial charge in [-0.25, -0.2) is 13.4 Å². The second kappa shape index (κ2) is 9.13. The maximum absolute atomic E-state index is 13.2. The van der Waals surface area contributed by atoms with Gasteiger partial charge >= 0.3 is 0 Å². The number of furan rings is 1. The molecule has 9 heteroatoms. The number of carbonyl (C=O) groups excluding carboxylic acids is 1. The Morgan fingerprint density at radius 3 is 2.56 bits per heavy atom. The topological polar surface area (TPSA) is 89.7 Å². The van der Waals surface area contributed by atoms with Gasteiger partial charge in [0, 0.05) is 6.42 Å².